The number of carbonyl (C=O) groups is 1. The van der Waals surface area contributed by atoms with E-state index in [9.17, 15) is 18.3 Å². The van der Waals surface area contributed by atoms with Crippen LogP contribution in [-0.4, -0.2) is 40.0 Å². The number of hydrogen-bond donors (Lipinski definition) is 1. The molecular formula is C15H18N2O4S. The average molecular weight is 322 g/mol. The van der Waals surface area contributed by atoms with Gasteiger partial charge in [-0.1, -0.05) is 18.2 Å². The highest BCUT2D eigenvalue weighted by molar-refractivity contribution is 7.91. The molecule has 0 aliphatic heterocycles. The molecule has 1 N–H and O–H groups in total. The highest BCUT2D eigenvalue weighted by Crippen LogP contribution is 2.22. The lowest BCUT2D eigenvalue weighted by Gasteiger charge is -2.11. The molecule has 0 saturated carbocycles. The summed E-state index contributed by atoms with van der Waals surface area (Å²) in [5.41, 5.74) is 0.614. The van der Waals surface area contributed by atoms with Gasteiger partial charge in [0.1, 0.15) is 5.82 Å². The summed E-state index contributed by atoms with van der Waals surface area (Å²) in [4.78, 5) is 15.5. The summed E-state index contributed by atoms with van der Waals surface area (Å²) >= 11 is 0. The Morgan fingerprint density at radius 3 is 2.64 bits per heavy atom. The van der Waals surface area contributed by atoms with Crippen molar-refractivity contribution >= 4 is 15.8 Å². The quantitative estimate of drug-likeness (QED) is 0.879. The summed E-state index contributed by atoms with van der Waals surface area (Å²) in [6, 6.07) is 6.54. The van der Waals surface area contributed by atoms with Crippen molar-refractivity contribution in [2.45, 2.75) is 25.6 Å². The predicted octanol–water partition coefficient (Wildman–Crippen LogP) is 2.07. The number of aryl methyl sites for hydroxylation is 1. The largest absolute Gasteiger partial charge is 0.478 e. The Morgan fingerprint density at radius 2 is 2.00 bits per heavy atom. The molecule has 0 bridgehead atoms. The molecule has 2 rings (SSSR count). The molecule has 0 fully saturated rings. The number of nitrogens with zero attached hydrogens (tertiary/aromatic N) is 2. The first-order valence-corrected chi connectivity index (χ1v) is 8.60. The van der Waals surface area contributed by atoms with E-state index in [1.165, 1.54) is 12.3 Å². The normalized spacial score (nSPS) is 11.8. The molecule has 1 heterocycles. The van der Waals surface area contributed by atoms with Crippen LogP contribution in [-0.2, 0) is 16.4 Å². The molecule has 0 aliphatic carbocycles. The number of aromatic carboxylic acids is 1. The molecule has 0 amide bonds. The maximum atomic E-state index is 11.9. The Kier molecular flexibility index (Phi) is 4.65. The third kappa shape index (κ3) is 3.36. The molecular weight excluding hydrogens is 304 g/mol. The Labute approximate surface area is 129 Å². The highest BCUT2D eigenvalue weighted by Gasteiger charge is 2.19. The molecule has 0 saturated heterocycles. The first kappa shape index (κ1) is 16.2. The van der Waals surface area contributed by atoms with Gasteiger partial charge in [0.25, 0.3) is 0 Å². The summed E-state index contributed by atoms with van der Waals surface area (Å²) in [6.45, 7) is 3.53. The van der Waals surface area contributed by atoms with E-state index in [-0.39, 0.29) is 17.9 Å². The third-order valence-electron chi connectivity index (χ3n) is 3.45. The van der Waals surface area contributed by atoms with Crippen LogP contribution in [0.3, 0.4) is 0 Å². The number of benzene rings is 1. The second-order valence-electron chi connectivity index (χ2n) is 5.21. The van der Waals surface area contributed by atoms with Crippen LogP contribution >= 0.6 is 0 Å². The predicted molar refractivity (Wildman–Crippen MR) is 83.5 cm³/mol. The van der Waals surface area contributed by atoms with Crippen molar-refractivity contribution in [2.24, 2.45) is 0 Å². The van der Waals surface area contributed by atoms with E-state index >= 15 is 0 Å². The van der Waals surface area contributed by atoms with Gasteiger partial charge in [-0.25, -0.2) is 18.2 Å². The van der Waals surface area contributed by atoms with E-state index in [0.717, 1.165) is 0 Å². The molecule has 1 aromatic heterocycles. The van der Waals surface area contributed by atoms with Crippen molar-refractivity contribution in [3.8, 4) is 11.4 Å². The fourth-order valence-electron chi connectivity index (χ4n) is 2.06. The van der Waals surface area contributed by atoms with Gasteiger partial charge in [0.15, 0.2) is 9.84 Å². The Hall–Kier alpha value is -2.15. The lowest BCUT2D eigenvalue weighted by Crippen LogP contribution is -2.21. The van der Waals surface area contributed by atoms with Crippen molar-refractivity contribution in [1.82, 2.24) is 9.55 Å². The van der Waals surface area contributed by atoms with Crippen LogP contribution in [0.15, 0.2) is 36.7 Å². The van der Waals surface area contributed by atoms with E-state index in [1.807, 2.05) is 0 Å². The average Bonchev–Trinajstić information content (AvgIpc) is 2.93. The van der Waals surface area contributed by atoms with Gasteiger partial charge in [0.2, 0.25) is 0 Å². The fourth-order valence-corrected chi connectivity index (χ4v) is 2.98. The maximum absolute atomic E-state index is 11.9. The zero-order valence-electron chi connectivity index (χ0n) is 12.4. The van der Waals surface area contributed by atoms with E-state index in [0.29, 0.717) is 11.4 Å². The zero-order valence-corrected chi connectivity index (χ0v) is 13.2. The minimum absolute atomic E-state index is 0.0106. The van der Waals surface area contributed by atoms with Crippen LogP contribution in [0.1, 0.15) is 24.2 Å². The molecule has 0 unspecified atom stereocenters. The first-order valence-electron chi connectivity index (χ1n) is 6.88. The Morgan fingerprint density at radius 1 is 1.32 bits per heavy atom. The molecule has 0 atom stereocenters. The molecule has 7 heteroatoms. The highest BCUT2D eigenvalue weighted by atomic mass is 32.2. The van der Waals surface area contributed by atoms with Crippen LogP contribution in [0.5, 0.6) is 0 Å². The van der Waals surface area contributed by atoms with E-state index in [4.69, 9.17) is 0 Å². The smallest absolute Gasteiger partial charge is 0.336 e. The summed E-state index contributed by atoms with van der Waals surface area (Å²) in [7, 11) is -3.16. The van der Waals surface area contributed by atoms with Crippen molar-refractivity contribution < 1.29 is 18.3 Å². The van der Waals surface area contributed by atoms with Crippen LogP contribution in [0, 0.1) is 0 Å². The molecule has 0 spiro atoms. The van der Waals surface area contributed by atoms with E-state index in [1.54, 1.807) is 42.8 Å². The van der Waals surface area contributed by atoms with Gasteiger partial charge in [-0.05, 0) is 19.9 Å². The molecule has 22 heavy (non-hydrogen) atoms. The summed E-state index contributed by atoms with van der Waals surface area (Å²) in [5, 5.41) is 8.82. The third-order valence-corrected chi connectivity index (χ3v) is 5.64. The number of rotatable bonds is 6. The number of aromatic nitrogens is 2. The maximum Gasteiger partial charge on any atom is 0.336 e. The number of carboxylic acids is 1. The minimum atomic E-state index is -3.16. The fraction of sp³-hybridized carbons (Fsp3) is 0.333. The number of sulfone groups is 1. The van der Waals surface area contributed by atoms with Gasteiger partial charge in [-0.2, -0.15) is 0 Å². The number of hydrogen-bond acceptors (Lipinski definition) is 4. The van der Waals surface area contributed by atoms with Crippen LogP contribution in [0.4, 0.5) is 0 Å². The van der Waals surface area contributed by atoms with Crippen molar-refractivity contribution in [2.75, 3.05) is 5.75 Å². The molecule has 0 aliphatic rings. The summed E-state index contributed by atoms with van der Waals surface area (Å²) in [6.07, 6.45) is 3.19. The van der Waals surface area contributed by atoms with Crippen molar-refractivity contribution in [3.05, 3.63) is 42.2 Å². The van der Waals surface area contributed by atoms with Crippen molar-refractivity contribution in [1.29, 1.82) is 0 Å². The first-order chi connectivity index (χ1) is 10.3. The number of carboxylic acid groups (broad SMARTS) is 1. The van der Waals surface area contributed by atoms with Gasteiger partial charge in [-0.15, -0.1) is 0 Å². The lowest BCUT2D eigenvalue weighted by atomic mass is 10.1. The van der Waals surface area contributed by atoms with Crippen LogP contribution in [0.2, 0.25) is 0 Å². The second-order valence-corrected chi connectivity index (χ2v) is 7.89. The van der Waals surface area contributed by atoms with E-state index < -0.39 is 21.1 Å². The lowest BCUT2D eigenvalue weighted by molar-refractivity contribution is 0.0697. The standard InChI is InChI=1S/C15H18N2O4S/c1-11(2)22(20,21)10-9-17-8-7-16-14(17)12-5-3-4-6-13(12)15(18)19/h3-8,11H,9-10H2,1-2H3,(H,18,19). The summed E-state index contributed by atoms with van der Waals surface area (Å²) in [5.74, 6) is -0.597. The minimum Gasteiger partial charge on any atom is -0.478 e. The second kappa shape index (κ2) is 6.31. The van der Waals surface area contributed by atoms with Crippen molar-refractivity contribution in [3.63, 3.8) is 0 Å². The molecule has 118 valence electrons. The zero-order chi connectivity index (χ0) is 16.3. The van der Waals surface area contributed by atoms with Gasteiger partial charge >= 0.3 is 5.97 Å². The topological polar surface area (TPSA) is 89.3 Å². The molecule has 2 aromatic rings. The molecule has 6 nitrogen and oxygen atoms in total. The molecule has 1 aromatic carbocycles. The summed E-state index contributed by atoms with van der Waals surface area (Å²) < 4.78 is 25.5. The number of imidazole rings is 1. The van der Waals surface area contributed by atoms with Crippen LogP contribution in [0.25, 0.3) is 11.4 Å². The van der Waals surface area contributed by atoms with Crippen LogP contribution < -0.4 is 0 Å². The Bertz CT molecular complexity index is 778. The van der Waals surface area contributed by atoms with Gasteiger partial charge in [0, 0.05) is 24.5 Å². The Balaban J connectivity index is 2.33. The monoisotopic (exact) mass is 322 g/mol. The van der Waals surface area contributed by atoms with Gasteiger partial charge in [-0.3, -0.25) is 0 Å². The van der Waals surface area contributed by atoms with E-state index in [2.05, 4.69) is 4.98 Å². The van der Waals surface area contributed by atoms with Gasteiger partial charge < -0.3 is 9.67 Å². The molecule has 0 radical (unpaired) electrons. The van der Waals surface area contributed by atoms with Gasteiger partial charge in [0.05, 0.1) is 16.6 Å². The SMILES string of the molecule is CC(C)S(=O)(=O)CCn1ccnc1-c1ccccc1C(=O)O.